The van der Waals surface area contributed by atoms with Gasteiger partial charge < -0.3 is 19.7 Å². The van der Waals surface area contributed by atoms with Gasteiger partial charge in [-0.2, -0.15) is 0 Å². The number of hydrogen-bond acceptors (Lipinski definition) is 7. The second-order valence-electron chi connectivity index (χ2n) is 5.60. The number of halogens is 3. The molecule has 150 valence electrons. The number of amides is 1. The first-order chi connectivity index (χ1) is 13.1. The summed E-state index contributed by atoms with van der Waals surface area (Å²) in [5, 5.41) is 2.43. The summed E-state index contributed by atoms with van der Waals surface area (Å²) in [5.41, 5.74) is 0.220. The standard InChI is InChI=1S/C17H17F3N4O4/c1-11(27-14(25)10-24(2)16-21-8-3-9-22-16)15(26)23-12-4-6-13(7-5-12)28-17(18,19)20/h3-9,11H,10H2,1-2H3,(H,23,26). The number of rotatable bonds is 7. The normalized spacial score (nSPS) is 12.0. The lowest BCUT2D eigenvalue weighted by Crippen LogP contribution is -2.35. The number of benzene rings is 1. The van der Waals surface area contributed by atoms with Gasteiger partial charge in [0.1, 0.15) is 12.3 Å². The maximum atomic E-state index is 12.1. The van der Waals surface area contributed by atoms with Gasteiger partial charge in [0.15, 0.2) is 6.10 Å². The molecule has 1 N–H and O–H groups in total. The molecule has 0 saturated carbocycles. The number of aromatic nitrogens is 2. The van der Waals surface area contributed by atoms with Crippen LogP contribution >= 0.6 is 0 Å². The third-order valence-electron chi connectivity index (χ3n) is 3.29. The topological polar surface area (TPSA) is 93.7 Å². The van der Waals surface area contributed by atoms with Crippen LogP contribution in [0.5, 0.6) is 5.75 Å². The van der Waals surface area contributed by atoms with Crippen molar-refractivity contribution in [2.24, 2.45) is 0 Å². The number of anilines is 2. The number of ether oxygens (including phenoxy) is 2. The van der Waals surface area contributed by atoms with Crippen LogP contribution in [-0.2, 0) is 14.3 Å². The number of esters is 1. The Morgan fingerprint density at radius 3 is 2.36 bits per heavy atom. The summed E-state index contributed by atoms with van der Waals surface area (Å²) in [6.07, 6.45) is -2.88. The van der Waals surface area contributed by atoms with Crippen molar-refractivity contribution in [2.45, 2.75) is 19.4 Å². The van der Waals surface area contributed by atoms with Crippen molar-refractivity contribution < 1.29 is 32.2 Å². The summed E-state index contributed by atoms with van der Waals surface area (Å²) in [7, 11) is 1.59. The SMILES string of the molecule is CC(OC(=O)CN(C)c1ncccn1)C(=O)Nc1ccc(OC(F)(F)F)cc1. The van der Waals surface area contributed by atoms with Crippen molar-refractivity contribution in [1.82, 2.24) is 9.97 Å². The van der Waals surface area contributed by atoms with Gasteiger partial charge in [0, 0.05) is 25.1 Å². The molecule has 8 nitrogen and oxygen atoms in total. The minimum atomic E-state index is -4.80. The van der Waals surface area contributed by atoms with Crippen LogP contribution in [-0.4, -0.2) is 47.9 Å². The summed E-state index contributed by atoms with van der Waals surface area (Å²) in [4.78, 5) is 33.4. The van der Waals surface area contributed by atoms with Crippen LogP contribution in [0.2, 0.25) is 0 Å². The highest BCUT2D eigenvalue weighted by atomic mass is 19.4. The van der Waals surface area contributed by atoms with Crippen molar-refractivity contribution in [3.8, 4) is 5.75 Å². The third-order valence-corrected chi connectivity index (χ3v) is 3.29. The first kappa shape index (κ1) is 20.9. The zero-order chi connectivity index (χ0) is 20.7. The van der Waals surface area contributed by atoms with Crippen molar-refractivity contribution in [3.05, 3.63) is 42.7 Å². The molecular weight excluding hydrogens is 381 g/mol. The lowest BCUT2D eigenvalue weighted by molar-refractivity contribution is -0.274. The van der Waals surface area contributed by atoms with E-state index < -0.39 is 30.1 Å². The van der Waals surface area contributed by atoms with E-state index in [9.17, 15) is 22.8 Å². The molecule has 0 saturated heterocycles. The van der Waals surface area contributed by atoms with Crippen LogP contribution in [0.25, 0.3) is 0 Å². The van der Waals surface area contributed by atoms with E-state index in [0.717, 1.165) is 12.1 Å². The fraction of sp³-hybridized carbons (Fsp3) is 0.294. The fourth-order valence-corrected chi connectivity index (χ4v) is 2.02. The average molecular weight is 398 g/mol. The fourth-order valence-electron chi connectivity index (χ4n) is 2.02. The number of carbonyl (C=O) groups excluding carboxylic acids is 2. The molecule has 1 atom stereocenters. The molecule has 0 fully saturated rings. The highest BCUT2D eigenvalue weighted by Gasteiger charge is 2.31. The number of nitrogens with one attached hydrogen (secondary N) is 1. The monoisotopic (exact) mass is 398 g/mol. The Hall–Kier alpha value is -3.37. The predicted octanol–water partition coefficient (Wildman–Crippen LogP) is 2.38. The molecule has 1 aromatic carbocycles. The molecule has 28 heavy (non-hydrogen) atoms. The first-order valence-corrected chi connectivity index (χ1v) is 7.98. The Kier molecular flexibility index (Phi) is 6.74. The summed E-state index contributed by atoms with van der Waals surface area (Å²) >= 11 is 0. The van der Waals surface area contributed by atoms with E-state index in [1.54, 1.807) is 13.1 Å². The number of alkyl halides is 3. The van der Waals surface area contributed by atoms with Crippen molar-refractivity contribution >= 4 is 23.5 Å². The molecule has 0 radical (unpaired) electrons. The zero-order valence-electron chi connectivity index (χ0n) is 14.9. The van der Waals surface area contributed by atoms with Crippen LogP contribution in [0, 0.1) is 0 Å². The van der Waals surface area contributed by atoms with Gasteiger partial charge in [-0.3, -0.25) is 9.59 Å². The first-order valence-electron chi connectivity index (χ1n) is 7.98. The molecule has 1 amide bonds. The van der Waals surface area contributed by atoms with Gasteiger partial charge in [-0.25, -0.2) is 9.97 Å². The Labute approximate surface area is 158 Å². The second-order valence-corrected chi connectivity index (χ2v) is 5.60. The van der Waals surface area contributed by atoms with Gasteiger partial charge in [-0.1, -0.05) is 0 Å². The van der Waals surface area contributed by atoms with Crippen LogP contribution in [0.1, 0.15) is 6.92 Å². The molecule has 0 bridgehead atoms. The minimum absolute atomic E-state index is 0.175. The molecule has 0 aliphatic rings. The number of nitrogens with zero attached hydrogens (tertiary/aromatic N) is 3. The van der Waals surface area contributed by atoms with Gasteiger partial charge in [-0.15, -0.1) is 13.2 Å². The van der Waals surface area contributed by atoms with Crippen LogP contribution < -0.4 is 15.0 Å². The molecule has 0 spiro atoms. The van der Waals surface area contributed by atoms with Gasteiger partial charge in [0.05, 0.1) is 0 Å². The number of carbonyl (C=O) groups is 2. The van der Waals surface area contributed by atoms with Crippen molar-refractivity contribution in [3.63, 3.8) is 0 Å². The Morgan fingerprint density at radius 1 is 1.18 bits per heavy atom. The molecular formula is C17H17F3N4O4. The van der Waals surface area contributed by atoms with E-state index >= 15 is 0 Å². The average Bonchev–Trinajstić information content (AvgIpc) is 2.62. The van der Waals surface area contributed by atoms with Crippen LogP contribution in [0.4, 0.5) is 24.8 Å². The van der Waals surface area contributed by atoms with Crippen molar-refractivity contribution in [2.75, 3.05) is 23.8 Å². The molecule has 1 unspecified atom stereocenters. The Balaban J connectivity index is 1.84. The number of hydrogen-bond donors (Lipinski definition) is 1. The molecule has 11 heteroatoms. The third kappa shape index (κ3) is 6.74. The van der Waals surface area contributed by atoms with Crippen molar-refractivity contribution in [1.29, 1.82) is 0 Å². The lowest BCUT2D eigenvalue weighted by atomic mass is 10.3. The second kappa shape index (κ2) is 9.02. The molecule has 2 rings (SSSR count). The Morgan fingerprint density at radius 2 is 1.79 bits per heavy atom. The van der Waals surface area contributed by atoms with Gasteiger partial charge >= 0.3 is 12.3 Å². The summed E-state index contributed by atoms with van der Waals surface area (Å²) in [6.45, 7) is 1.19. The van der Waals surface area contributed by atoms with E-state index in [1.807, 2.05) is 0 Å². The highest BCUT2D eigenvalue weighted by Crippen LogP contribution is 2.24. The Bertz CT molecular complexity index is 800. The van der Waals surface area contributed by atoms with E-state index in [-0.39, 0.29) is 12.2 Å². The highest BCUT2D eigenvalue weighted by molar-refractivity contribution is 5.95. The van der Waals surface area contributed by atoms with Crippen LogP contribution in [0.15, 0.2) is 42.7 Å². The van der Waals surface area contributed by atoms with E-state index in [1.165, 1.54) is 36.4 Å². The summed E-state index contributed by atoms with van der Waals surface area (Å²) in [5.74, 6) is -1.42. The maximum Gasteiger partial charge on any atom is 0.573 e. The zero-order valence-corrected chi connectivity index (χ0v) is 14.9. The van der Waals surface area contributed by atoms with E-state index in [2.05, 4.69) is 20.0 Å². The van der Waals surface area contributed by atoms with E-state index in [0.29, 0.717) is 5.95 Å². The molecule has 0 aliphatic heterocycles. The van der Waals surface area contributed by atoms with Gasteiger partial charge in [-0.05, 0) is 37.3 Å². The summed E-state index contributed by atoms with van der Waals surface area (Å²) < 4.78 is 45.2. The predicted molar refractivity (Wildman–Crippen MR) is 92.6 cm³/mol. The maximum absolute atomic E-state index is 12.1. The lowest BCUT2D eigenvalue weighted by Gasteiger charge is -2.18. The summed E-state index contributed by atoms with van der Waals surface area (Å²) in [6, 6.07) is 6.19. The largest absolute Gasteiger partial charge is 0.573 e. The van der Waals surface area contributed by atoms with E-state index in [4.69, 9.17) is 4.74 Å². The smallest absolute Gasteiger partial charge is 0.451 e. The molecule has 2 aromatic rings. The number of likely N-dealkylation sites (N-methyl/N-ethyl adjacent to an activating group) is 1. The van der Waals surface area contributed by atoms with Gasteiger partial charge in [0.25, 0.3) is 5.91 Å². The quantitative estimate of drug-likeness (QED) is 0.716. The minimum Gasteiger partial charge on any atom is -0.451 e. The van der Waals surface area contributed by atoms with Crippen LogP contribution in [0.3, 0.4) is 0 Å². The molecule has 0 aliphatic carbocycles. The van der Waals surface area contributed by atoms with Gasteiger partial charge in [0.2, 0.25) is 5.95 Å². The molecule has 1 heterocycles. The molecule has 1 aromatic heterocycles.